The summed E-state index contributed by atoms with van der Waals surface area (Å²) >= 11 is 0. The van der Waals surface area contributed by atoms with E-state index in [1.54, 1.807) is 48.5 Å². The van der Waals surface area contributed by atoms with Crippen molar-refractivity contribution in [2.45, 2.75) is 30.7 Å². The van der Waals surface area contributed by atoms with Crippen LogP contribution in [0.4, 0.5) is 17.3 Å². The van der Waals surface area contributed by atoms with Crippen LogP contribution in [0.25, 0.3) is 11.0 Å². The van der Waals surface area contributed by atoms with Crippen LogP contribution in [0.3, 0.4) is 0 Å². The summed E-state index contributed by atoms with van der Waals surface area (Å²) in [7, 11) is -1.08. The third kappa shape index (κ3) is 6.39. The minimum absolute atomic E-state index is 0.00260. The number of aromatic nitrogens is 2. The number of hydrogen-bond donors (Lipinski definition) is 3. The highest BCUT2D eigenvalue weighted by Gasteiger charge is 2.30. The molecule has 1 aliphatic rings. The van der Waals surface area contributed by atoms with Crippen molar-refractivity contribution in [3.63, 3.8) is 0 Å². The van der Waals surface area contributed by atoms with Gasteiger partial charge < -0.3 is 20.5 Å². The van der Waals surface area contributed by atoms with Gasteiger partial charge in [-0.15, -0.1) is 0 Å². The van der Waals surface area contributed by atoms with E-state index in [1.165, 1.54) is 26.4 Å². The molecule has 4 aromatic rings. The lowest BCUT2D eigenvalue weighted by molar-refractivity contribution is -0.124. The van der Waals surface area contributed by atoms with Crippen LogP contribution in [0, 0.1) is 5.92 Å². The molecule has 0 bridgehead atoms. The third-order valence-electron chi connectivity index (χ3n) is 7.22. The number of sulfonamides is 1. The van der Waals surface area contributed by atoms with Gasteiger partial charge in [-0.1, -0.05) is 31.2 Å². The highest BCUT2D eigenvalue weighted by Crippen LogP contribution is 2.32. The highest BCUT2D eigenvalue weighted by atomic mass is 32.2. The fourth-order valence-electron chi connectivity index (χ4n) is 5.23. The van der Waals surface area contributed by atoms with Crippen molar-refractivity contribution in [2.24, 2.45) is 11.7 Å². The maximum atomic E-state index is 13.7. The van der Waals surface area contributed by atoms with Crippen molar-refractivity contribution in [2.75, 3.05) is 37.3 Å². The number of methoxy groups -OCH3 is 2. The molecule has 1 saturated heterocycles. The second kappa shape index (κ2) is 12.2. The number of carbonyl (C=O) groups excluding carboxylic acids is 1. The molecule has 2 unspecified atom stereocenters. The van der Waals surface area contributed by atoms with E-state index in [0.29, 0.717) is 52.8 Å². The van der Waals surface area contributed by atoms with E-state index < -0.39 is 22.0 Å². The van der Waals surface area contributed by atoms with Crippen LogP contribution in [-0.2, 0) is 14.8 Å². The maximum Gasteiger partial charge on any atom is 0.263 e. The summed E-state index contributed by atoms with van der Waals surface area (Å²) < 4.78 is 40.8. The summed E-state index contributed by atoms with van der Waals surface area (Å²) in [5.74, 6) is 1.15. The van der Waals surface area contributed by atoms with Gasteiger partial charge in [-0.2, -0.15) is 0 Å². The fourth-order valence-corrected chi connectivity index (χ4v) is 6.29. The Morgan fingerprint density at radius 2 is 1.64 bits per heavy atom. The van der Waals surface area contributed by atoms with Gasteiger partial charge in [-0.05, 0) is 55.1 Å². The Bertz CT molecular complexity index is 1690. The first-order chi connectivity index (χ1) is 20.2. The number of primary amides is 1. The maximum absolute atomic E-state index is 13.7. The van der Waals surface area contributed by atoms with E-state index in [1.807, 2.05) is 11.0 Å². The van der Waals surface area contributed by atoms with Crippen LogP contribution in [0.15, 0.2) is 71.6 Å². The Balaban J connectivity index is 1.51. The molecule has 12 heteroatoms. The number of para-hydroxylation sites is 2. The van der Waals surface area contributed by atoms with Crippen LogP contribution in [-0.4, -0.2) is 56.5 Å². The number of piperidine rings is 1. The van der Waals surface area contributed by atoms with E-state index in [4.69, 9.17) is 15.2 Å². The summed E-state index contributed by atoms with van der Waals surface area (Å²) in [5, 5.41) is 3.15. The predicted octanol–water partition coefficient (Wildman–Crippen LogP) is 4.45. The Morgan fingerprint density at radius 1 is 0.976 bits per heavy atom. The van der Waals surface area contributed by atoms with Gasteiger partial charge in [0.2, 0.25) is 5.91 Å². The quantitative estimate of drug-likeness (QED) is 0.244. The normalized spacial score (nSPS) is 16.5. The molecule has 4 N–H and O–H groups in total. The van der Waals surface area contributed by atoms with Gasteiger partial charge >= 0.3 is 0 Å². The van der Waals surface area contributed by atoms with E-state index in [2.05, 4.69) is 26.9 Å². The van der Waals surface area contributed by atoms with Crippen LogP contribution in [0.1, 0.15) is 31.4 Å². The first-order valence-electron chi connectivity index (χ1n) is 13.6. The van der Waals surface area contributed by atoms with Crippen molar-refractivity contribution in [3.8, 4) is 11.5 Å². The number of rotatable bonds is 10. The van der Waals surface area contributed by atoms with Crippen LogP contribution in [0.2, 0.25) is 0 Å². The molecule has 0 radical (unpaired) electrons. The molecule has 1 aromatic heterocycles. The molecule has 1 aliphatic heterocycles. The van der Waals surface area contributed by atoms with Crippen LogP contribution < -0.4 is 25.2 Å². The van der Waals surface area contributed by atoms with Gasteiger partial charge in [0.15, 0.2) is 11.6 Å². The highest BCUT2D eigenvalue weighted by molar-refractivity contribution is 7.92. The van der Waals surface area contributed by atoms with Gasteiger partial charge in [0, 0.05) is 30.4 Å². The fraction of sp³-hybridized carbons (Fsp3) is 0.300. The third-order valence-corrected chi connectivity index (χ3v) is 8.56. The van der Waals surface area contributed by atoms with E-state index in [-0.39, 0.29) is 16.5 Å². The van der Waals surface area contributed by atoms with Gasteiger partial charge in [0.1, 0.15) is 17.5 Å². The SMILES string of the molecule is COc1cc(Nc2nc3ccccc3nc2NS(=O)(=O)c2cccc(C(C(N)=O)N3CCCC(C)C3)c2)cc(OC)c1. The molecular formula is C30H34N6O5S. The van der Waals surface area contributed by atoms with Crippen molar-refractivity contribution in [1.82, 2.24) is 14.9 Å². The molecule has 5 rings (SSSR count). The van der Waals surface area contributed by atoms with Gasteiger partial charge in [0.25, 0.3) is 10.0 Å². The summed E-state index contributed by atoms with van der Waals surface area (Å²) in [6.07, 6.45) is 2.02. The first kappa shape index (κ1) is 29.1. The molecule has 0 spiro atoms. The summed E-state index contributed by atoms with van der Waals surface area (Å²) in [6, 6.07) is 17.9. The molecule has 11 nitrogen and oxygen atoms in total. The van der Waals surface area contributed by atoms with Crippen molar-refractivity contribution >= 4 is 44.3 Å². The number of fused-ring (bicyclic) bond motifs is 1. The monoisotopic (exact) mass is 590 g/mol. The van der Waals surface area contributed by atoms with Crippen LogP contribution >= 0.6 is 0 Å². The average Bonchev–Trinajstić information content (AvgIpc) is 2.97. The number of benzene rings is 3. The number of likely N-dealkylation sites (tertiary alicyclic amines) is 1. The molecule has 2 atom stereocenters. The topological polar surface area (TPSA) is 149 Å². The molecule has 0 saturated carbocycles. The van der Waals surface area contributed by atoms with Gasteiger partial charge in [-0.25, -0.2) is 18.4 Å². The second-order valence-corrected chi connectivity index (χ2v) is 12.0. The van der Waals surface area contributed by atoms with E-state index in [9.17, 15) is 13.2 Å². The molecule has 1 fully saturated rings. The van der Waals surface area contributed by atoms with Gasteiger partial charge in [0.05, 0.1) is 30.1 Å². The molecule has 0 aliphatic carbocycles. The van der Waals surface area contributed by atoms with Crippen molar-refractivity contribution < 1.29 is 22.7 Å². The molecule has 42 heavy (non-hydrogen) atoms. The number of nitrogens with one attached hydrogen (secondary N) is 2. The number of anilines is 3. The van der Waals surface area contributed by atoms with E-state index >= 15 is 0 Å². The average molecular weight is 591 g/mol. The zero-order valence-electron chi connectivity index (χ0n) is 23.7. The number of nitrogens with two attached hydrogens (primary N) is 1. The first-order valence-corrected chi connectivity index (χ1v) is 15.1. The van der Waals surface area contributed by atoms with Gasteiger partial charge in [-0.3, -0.25) is 14.4 Å². The largest absolute Gasteiger partial charge is 0.497 e. The summed E-state index contributed by atoms with van der Waals surface area (Å²) in [5.41, 5.74) is 7.97. The Labute approximate surface area is 245 Å². The summed E-state index contributed by atoms with van der Waals surface area (Å²) in [4.78, 5) is 23.8. The zero-order valence-corrected chi connectivity index (χ0v) is 24.5. The lowest BCUT2D eigenvalue weighted by atomic mass is 9.96. The predicted molar refractivity (Wildman–Crippen MR) is 162 cm³/mol. The summed E-state index contributed by atoms with van der Waals surface area (Å²) in [6.45, 7) is 3.55. The minimum atomic E-state index is -4.16. The molecule has 1 amide bonds. The standard InChI is InChI=1S/C30H34N6O5S/c1-19-8-7-13-36(18-19)27(28(31)37)20-9-6-10-24(14-20)42(38,39)35-30-29(33-25-11-4-5-12-26(25)34-30)32-21-15-22(40-2)17-23(16-21)41-3/h4-6,9-12,14-17,19,27H,7-8,13,18H2,1-3H3,(H2,31,37)(H,32,33)(H,34,35). The molecule has 220 valence electrons. The lowest BCUT2D eigenvalue weighted by Gasteiger charge is -2.36. The minimum Gasteiger partial charge on any atom is -0.497 e. The van der Waals surface area contributed by atoms with Crippen molar-refractivity contribution in [1.29, 1.82) is 0 Å². The number of amides is 1. The number of nitrogens with zero attached hydrogens (tertiary/aromatic N) is 3. The number of hydrogen-bond acceptors (Lipinski definition) is 9. The van der Waals surface area contributed by atoms with Crippen molar-refractivity contribution in [3.05, 3.63) is 72.3 Å². The molecular weight excluding hydrogens is 556 g/mol. The molecule has 2 heterocycles. The Morgan fingerprint density at radius 3 is 2.26 bits per heavy atom. The number of carbonyl (C=O) groups is 1. The lowest BCUT2D eigenvalue weighted by Crippen LogP contribution is -2.43. The zero-order chi connectivity index (χ0) is 29.9. The number of ether oxygens (including phenoxy) is 2. The molecule has 3 aromatic carbocycles. The van der Waals surface area contributed by atoms with Crippen LogP contribution in [0.5, 0.6) is 11.5 Å². The Kier molecular flexibility index (Phi) is 8.46. The second-order valence-electron chi connectivity index (χ2n) is 10.4. The van der Waals surface area contributed by atoms with E-state index in [0.717, 1.165) is 12.8 Å². The smallest absolute Gasteiger partial charge is 0.263 e. The Hall–Kier alpha value is -4.42.